The van der Waals surface area contributed by atoms with Crippen LogP contribution in [-0.2, 0) is 4.79 Å². The third-order valence-electron chi connectivity index (χ3n) is 3.63. The lowest BCUT2D eigenvalue weighted by atomic mass is 10.1. The average Bonchev–Trinajstić information content (AvgIpc) is 3.08. The van der Waals surface area contributed by atoms with Gasteiger partial charge >= 0.3 is 0 Å². The second kappa shape index (κ2) is 5.17. The Balaban J connectivity index is 1.72. The van der Waals surface area contributed by atoms with Crippen LogP contribution in [0.2, 0.25) is 0 Å². The summed E-state index contributed by atoms with van der Waals surface area (Å²) >= 11 is 0. The molecule has 0 aliphatic heterocycles. The van der Waals surface area contributed by atoms with Gasteiger partial charge in [0.25, 0.3) is 0 Å². The first-order valence-electron chi connectivity index (χ1n) is 6.73. The van der Waals surface area contributed by atoms with Gasteiger partial charge in [-0.3, -0.25) is 4.79 Å². The molecule has 2 saturated carbocycles. The van der Waals surface area contributed by atoms with Gasteiger partial charge in [0.15, 0.2) is 0 Å². The second-order valence-corrected chi connectivity index (χ2v) is 5.43. The van der Waals surface area contributed by atoms with E-state index in [2.05, 4.69) is 24.5 Å². The Labute approximate surface area is 98.4 Å². The van der Waals surface area contributed by atoms with Gasteiger partial charge in [0.2, 0.25) is 5.91 Å². The smallest absolute Gasteiger partial charge is 0.221 e. The number of amides is 1. The van der Waals surface area contributed by atoms with E-state index in [-0.39, 0.29) is 5.91 Å². The van der Waals surface area contributed by atoms with Crippen LogP contribution >= 0.6 is 0 Å². The van der Waals surface area contributed by atoms with E-state index >= 15 is 0 Å². The van der Waals surface area contributed by atoms with Crippen LogP contribution in [0.5, 0.6) is 0 Å². The minimum Gasteiger partial charge on any atom is -0.353 e. The zero-order valence-electron chi connectivity index (χ0n) is 10.5. The molecule has 3 heteroatoms. The summed E-state index contributed by atoms with van der Waals surface area (Å²) in [7, 11) is 0. The molecule has 2 rings (SSSR count). The Morgan fingerprint density at radius 3 is 2.25 bits per heavy atom. The zero-order valence-corrected chi connectivity index (χ0v) is 10.5. The summed E-state index contributed by atoms with van der Waals surface area (Å²) in [5, 5.41) is 6.53. The predicted molar refractivity (Wildman–Crippen MR) is 65.1 cm³/mol. The molecule has 1 amide bonds. The van der Waals surface area contributed by atoms with E-state index in [1.807, 2.05) is 0 Å². The van der Waals surface area contributed by atoms with Crippen LogP contribution in [0.15, 0.2) is 0 Å². The zero-order chi connectivity index (χ0) is 11.5. The van der Waals surface area contributed by atoms with E-state index in [0.29, 0.717) is 18.5 Å². The van der Waals surface area contributed by atoms with Gasteiger partial charge in [0.05, 0.1) is 0 Å². The Bertz CT molecular complexity index is 234. The minimum atomic E-state index is 0.234. The molecule has 0 heterocycles. The predicted octanol–water partition coefficient (Wildman–Crippen LogP) is 1.68. The summed E-state index contributed by atoms with van der Waals surface area (Å²) < 4.78 is 0. The van der Waals surface area contributed by atoms with Gasteiger partial charge in [-0.2, -0.15) is 0 Å². The molecule has 1 atom stereocenters. The first kappa shape index (κ1) is 11.9. The quantitative estimate of drug-likeness (QED) is 0.691. The normalized spacial score (nSPS) is 22.2. The van der Waals surface area contributed by atoms with Crippen LogP contribution in [0.3, 0.4) is 0 Å². The van der Waals surface area contributed by atoms with E-state index in [0.717, 1.165) is 18.4 Å². The maximum atomic E-state index is 11.9. The van der Waals surface area contributed by atoms with Crippen LogP contribution in [0, 0.1) is 11.8 Å². The number of carbonyl (C=O) groups is 1. The summed E-state index contributed by atoms with van der Waals surface area (Å²) in [6.45, 7) is 5.08. The Hall–Kier alpha value is -0.570. The highest BCUT2D eigenvalue weighted by Crippen LogP contribution is 2.44. The van der Waals surface area contributed by atoms with E-state index in [1.54, 1.807) is 0 Å². The lowest BCUT2D eigenvalue weighted by Gasteiger charge is -2.19. The van der Waals surface area contributed by atoms with Gasteiger partial charge in [-0.25, -0.2) is 0 Å². The fraction of sp³-hybridized carbons (Fsp3) is 0.923. The molecule has 92 valence electrons. The van der Waals surface area contributed by atoms with Crippen molar-refractivity contribution in [2.45, 2.75) is 58.0 Å². The molecule has 0 aromatic rings. The van der Waals surface area contributed by atoms with Crippen molar-refractivity contribution in [1.82, 2.24) is 10.6 Å². The first-order valence-corrected chi connectivity index (χ1v) is 6.73. The number of rotatable bonds is 7. The van der Waals surface area contributed by atoms with Gasteiger partial charge < -0.3 is 10.6 Å². The molecule has 0 aromatic heterocycles. The molecular formula is C13H24N2O. The van der Waals surface area contributed by atoms with Crippen LogP contribution in [-0.4, -0.2) is 24.5 Å². The minimum absolute atomic E-state index is 0.234. The van der Waals surface area contributed by atoms with Crippen molar-refractivity contribution < 1.29 is 4.79 Å². The third kappa shape index (κ3) is 3.48. The largest absolute Gasteiger partial charge is 0.353 e. The molecule has 2 fully saturated rings. The first-order chi connectivity index (χ1) is 7.70. The molecule has 2 aliphatic rings. The van der Waals surface area contributed by atoms with Crippen molar-refractivity contribution >= 4 is 5.91 Å². The molecule has 2 N–H and O–H groups in total. The number of nitrogens with one attached hydrogen (secondary N) is 2. The molecule has 2 aliphatic carbocycles. The van der Waals surface area contributed by atoms with Gasteiger partial charge in [-0.15, -0.1) is 0 Å². The number of hydrogen-bond acceptors (Lipinski definition) is 2. The molecule has 0 saturated heterocycles. The van der Waals surface area contributed by atoms with Crippen molar-refractivity contribution in [3.05, 3.63) is 0 Å². The molecular weight excluding hydrogens is 200 g/mol. The van der Waals surface area contributed by atoms with Crippen molar-refractivity contribution in [3.63, 3.8) is 0 Å². The number of carbonyl (C=O) groups excluding carboxylic acids is 1. The highest BCUT2D eigenvalue weighted by molar-refractivity contribution is 5.77. The van der Waals surface area contributed by atoms with Crippen molar-refractivity contribution in [3.8, 4) is 0 Å². The lowest BCUT2D eigenvalue weighted by molar-refractivity contribution is -0.122. The van der Waals surface area contributed by atoms with Gasteiger partial charge in [-0.05, 0) is 51.0 Å². The molecule has 0 aromatic carbocycles. The molecule has 0 bridgehead atoms. The van der Waals surface area contributed by atoms with Crippen molar-refractivity contribution in [1.29, 1.82) is 0 Å². The lowest BCUT2D eigenvalue weighted by Crippen LogP contribution is -2.41. The van der Waals surface area contributed by atoms with E-state index < -0.39 is 0 Å². The van der Waals surface area contributed by atoms with Gasteiger partial charge in [-0.1, -0.05) is 6.92 Å². The SMILES string of the molecule is CCNC(C)CC(=O)NC(C1CC1)C1CC1. The fourth-order valence-corrected chi connectivity index (χ4v) is 2.47. The maximum Gasteiger partial charge on any atom is 0.221 e. The molecule has 1 unspecified atom stereocenters. The summed E-state index contributed by atoms with van der Waals surface area (Å²) in [4.78, 5) is 11.9. The van der Waals surface area contributed by atoms with Crippen molar-refractivity contribution in [2.24, 2.45) is 11.8 Å². The van der Waals surface area contributed by atoms with E-state index in [9.17, 15) is 4.79 Å². The highest BCUT2D eigenvalue weighted by atomic mass is 16.1. The topological polar surface area (TPSA) is 41.1 Å². The summed E-state index contributed by atoms with van der Waals surface area (Å²) in [5.74, 6) is 1.83. The van der Waals surface area contributed by atoms with Crippen LogP contribution in [0.25, 0.3) is 0 Å². The molecule has 3 nitrogen and oxygen atoms in total. The van der Waals surface area contributed by atoms with Crippen LogP contribution in [0.1, 0.15) is 46.0 Å². The third-order valence-corrected chi connectivity index (χ3v) is 3.63. The average molecular weight is 224 g/mol. The van der Waals surface area contributed by atoms with Crippen LogP contribution in [0.4, 0.5) is 0 Å². The summed E-state index contributed by atoms with van der Waals surface area (Å²) in [6.07, 6.45) is 5.91. The number of hydrogen-bond donors (Lipinski definition) is 2. The molecule has 16 heavy (non-hydrogen) atoms. The highest BCUT2D eigenvalue weighted by Gasteiger charge is 2.42. The van der Waals surface area contributed by atoms with Gasteiger partial charge in [0.1, 0.15) is 0 Å². The van der Waals surface area contributed by atoms with E-state index in [1.165, 1.54) is 25.7 Å². The van der Waals surface area contributed by atoms with E-state index in [4.69, 9.17) is 0 Å². The molecule has 0 spiro atoms. The Kier molecular flexibility index (Phi) is 3.85. The standard InChI is InChI=1S/C13H24N2O/c1-3-14-9(2)8-12(16)15-13(10-4-5-10)11-6-7-11/h9-11,13-14H,3-8H2,1-2H3,(H,15,16). The van der Waals surface area contributed by atoms with Crippen LogP contribution < -0.4 is 10.6 Å². The monoisotopic (exact) mass is 224 g/mol. The maximum absolute atomic E-state index is 11.9. The summed E-state index contributed by atoms with van der Waals surface area (Å²) in [6, 6.07) is 0.797. The second-order valence-electron chi connectivity index (χ2n) is 5.43. The Morgan fingerprint density at radius 2 is 1.81 bits per heavy atom. The summed E-state index contributed by atoms with van der Waals surface area (Å²) in [5.41, 5.74) is 0. The van der Waals surface area contributed by atoms with Crippen molar-refractivity contribution in [2.75, 3.05) is 6.54 Å². The fourth-order valence-electron chi connectivity index (χ4n) is 2.47. The molecule has 0 radical (unpaired) electrons. The van der Waals surface area contributed by atoms with Gasteiger partial charge in [0, 0.05) is 18.5 Å². The Morgan fingerprint density at radius 1 is 1.25 bits per heavy atom.